The van der Waals surface area contributed by atoms with E-state index < -0.39 is 6.04 Å². The van der Waals surface area contributed by atoms with Crippen LogP contribution in [0.4, 0.5) is 0 Å². The Morgan fingerprint density at radius 2 is 1.70 bits per heavy atom. The van der Waals surface area contributed by atoms with Crippen LogP contribution in [0.3, 0.4) is 0 Å². The van der Waals surface area contributed by atoms with Crippen molar-refractivity contribution < 1.29 is 9.59 Å². The molecule has 0 aliphatic carbocycles. The van der Waals surface area contributed by atoms with Gasteiger partial charge in [-0.05, 0) is 41.0 Å². The van der Waals surface area contributed by atoms with Crippen molar-refractivity contribution in [2.45, 2.75) is 65.0 Å². The van der Waals surface area contributed by atoms with Crippen LogP contribution >= 0.6 is 11.6 Å². The second kappa shape index (κ2) is 10.6. The molecule has 0 saturated heterocycles. The highest BCUT2D eigenvalue weighted by molar-refractivity contribution is 6.31. The maximum absolute atomic E-state index is 13.2. The maximum Gasteiger partial charge on any atom is 0.242 e. The number of hydrogen-bond acceptors (Lipinski definition) is 2. The first-order valence-corrected chi connectivity index (χ1v) is 10.9. The van der Waals surface area contributed by atoms with Crippen molar-refractivity contribution in [1.29, 1.82) is 0 Å². The van der Waals surface area contributed by atoms with Crippen LogP contribution in [-0.4, -0.2) is 29.8 Å². The summed E-state index contributed by atoms with van der Waals surface area (Å²) in [5, 5.41) is 3.28. The number of rotatable bonds is 8. The molecule has 2 amide bonds. The molecule has 0 aromatic heterocycles. The van der Waals surface area contributed by atoms with Gasteiger partial charge < -0.3 is 10.2 Å². The van der Waals surface area contributed by atoms with Crippen molar-refractivity contribution in [3.05, 3.63) is 70.2 Å². The first kappa shape index (κ1) is 23.9. The normalized spacial score (nSPS) is 12.3. The van der Waals surface area contributed by atoms with E-state index in [1.807, 2.05) is 25.1 Å². The molecular weight excluding hydrogens is 396 g/mol. The Hall–Kier alpha value is -2.33. The molecule has 162 valence electrons. The summed E-state index contributed by atoms with van der Waals surface area (Å²) in [7, 11) is 1.60. The van der Waals surface area contributed by atoms with Gasteiger partial charge in [0, 0.05) is 25.0 Å². The smallest absolute Gasteiger partial charge is 0.242 e. The minimum absolute atomic E-state index is 0.0507. The van der Waals surface area contributed by atoms with Gasteiger partial charge in [0.2, 0.25) is 11.8 Å². The average molecular weight is 429 g/mol. The van der Waals surface area contributed by atoms with Gasteiger partial charge in [-0.25, -0.2) is 0 Å². The predicted octanol–water partition coefficient (Wildman–Crippen LogP) is 5.12. The minimum Gasteiger partial charge on any atom is -0.357 e. The Kier molecular flexibility index (Phi) is 8.48. The first-order valence-electron chi connectivity index (χ1n) is 10.5. The molecule has 0 aliphatic heterocycles. The number of halogens is 1. The molecule has 0 aliphatic rings. The zero-order valence-corrected chi connectivity index (χ0v) is 19.4. The van der Waals surface area contributed by atoms with Gasteiger partial charge >= 0.3 is 0 Å². The summed E-state index contributed by atoms with van der Waals surface area (Å²) in [6.07, 6.45) is 1.51. The summed E-state index contributed by atoms with van der Waals surface area (Å²) >= 11 is 6.32. The SMILES string of the molecule is CCC(C(=O)NC)N(Cc1ccccc1Cl)C(=O)CCc1ccc(C(C)(C)C)cc1. The van der Waals surface area contributed by atoms with Gasteiger partial charge in [-0.2, -0.15) is 0 Å². The molecule has 2 rings (SSSR count). The maximum atomic E-state index is 13.2. The van der Waals surface area contributed by atoms with Crippen LogP contribution in [0.15, 0.2) is 48.5 Å². The summed E-state index contributed by atoms with van der Waals surface area (Å²) < 4.78 is 0. The van der Waals surface area contributed by atoms with Crippen molar-refractivity contribution in [2.75, 3.05) is 7.05 Å². The van der Waals surface area contributed by atoms with Gasteiger partial charge in [0.1, 0.15) is 6.04 Å². The molecule has 1 unspecified atom stereocenters. The number of nitrogens with zero attached hydrogens (tertiary/aromatic N) is 1. The summed E-state index contributed by atoms with van der Waals surface area (Å²) in [6, 6.07) is 15.3. The topological polar surface area (TPSA) is 49.4 Å². The van der Waals surface area contributed by atoms with E-state index >= 15 is 0 Å². The molecule has 0 spiro atoms. The Morgan fingerprint density at radius 3 is 2.23 bits per heavy atom. The van der Waals surface area contributed by atoms with Crippen LogP contribution in [-0.2, 0) is 28.0 Å². The monoisotopic (exact) mass is 428 g/mol. The van der Waals surface area contributed by atoms with Gasteiger partial charge in [-0.3, -0.25) is 9.59 Å². The van der Waals surface area contributed by atoms with Crippen LogP contribution in [0.2, 0.25) is 5.02 Å². The van der Waals surface area contributed by atoms with E-state index in [2.05, 4.69) is 50.4 Å². The molecular formula is C25H33ClN2O2. The number of likely N-dealkylation sites (N-methyl/N-ethyl adjacent to an activating group) is 1. The van der Waals surface area contributed by atoms with E-state index in [0.717, 1.165) is 11.1 Å². The van der Waals surface area contributed by atoms with Crippen molar-refractivity contribution in [2.24, 2.45) is 0 Å². The number of benzene rings is 2. The Bertz CT molecular complexity index is 856. The van der Waals surface area contributed by atoms with E-state index in [0.29, 0.717) is 30.8 Å². The third-order valence-corrected chi connectivity index (χ3v) is 5.75. The summed E-state index contributed by atoms with van der Waals surface area (Å²) in [4.78, 5) is 27.3. The molecule has 0 bridgehead atoms. The minimum atomic E-state index is -0.526. The Labute approximate surface area is 185 Å². The Morgan fingerprint density at radius 1 is 1.07 bits per heavy atom. The van der Waals surface area contributed by atoms with Gasteiger partial charge in [0.25, 0.3) is 0 Å². The molecule has 0 radical (unpaired) electrons. The molecule has 2 aromatic rings. The molecule has 1 N–H and O–H groups in total. The van der Waals surface area contributed by atoms with Crippen LogP contribution < -0.4 is 5.32 Å². The third-order valence-electron chi connectivity index (χ3n) is 5.38. The van der Waals surface area contributed by atoms with Crippen LogP contribution in [0.25, 0.3) is 0 Å². The number of aryl methyl sites for hydroxylation is 1. The van der Waals surface area contributed by atoms with Crippen molar-refractivity contribution in [3.63, 3.8) is 0 Å². The fraction of sp³-hybridized carbons (Fsp3) is 0.440. The molecule has 30 heavy (non-hydrogen) atoms. The number of hydrogen-bond donors (Lipinski definition) is 1. The van der Waals surface area contributed by atoms with E-state index in [9.17, 15) is 9.59 Å². The molecule has 0 saturated carbocycles. The van der Waals surface area contributed by atoms with Gasteiger partial charge in [0.05, 0.1) is 0 Å². The van der Waals surface area contributed by atoms with Crippen LogP contribution in [0.5, 0.6) is 0 Å². The zero-order chi connectivity index (χ0) is 22.3. The quantitative estimate of drug-likeness (QED) is 0.634. The van der Waals surface area contributed by atoms with E-state index in [-0.39, 0.29) is 17.2 Å². The third kappa shape index (κ3) is 6.33. The lowest BCUT2D eigenvalue weighted by molar-refractivity contribution is -0.141. The highest BCUT2D eigenvalue weighted by Crippen LogP contribution is 2.23. The lowest BCUT2D eigenvalue weighted by Gasteiger charge is -2.30. The molecule has 0 fully saturated rings. The van der Waals surface area contributed by atoms with E-state index in [4.69, 9.17) is 11.6 Å². The average Bonchev–Trinajstić information content (AvgIpc) is 2.72. The van der Waals surface area contributed by atoms with E-state index in [1.165, 1.54) is 5.56 Å². The molecule has 4 nitrogen and oxygen atoms in total. The number of carbonyl (C=O) groups is 2. The fourth-order valence-electron chi connectivity index (χ4n) is 3.46. The molecule has 1 atom stereocenters. The predicted molar refractivity (Wildman–Crippen MR) is 124 cm³/mol. The summed E-state index contributed by atoms with van der Waals surface area (Å²) in [5.41, 5.74) is 3.32. The lowest BCUT2D eigenvalue weighted by Crippen LogP contribution is -2.48. The van der Waals surface area contributed by atoms with Gasteiger partial charge in [0.15, 0.2) is 0 Å². The second-order valence-electron chi connectivity index (χ2n) is 8.60. The second-order valence-corrected chi connectivity index (χ2v) is 9.01. The molecule has 0 heterocycles. The van der Waals surface area contributed by atoms with Crippen molar-refractivity contribution >= 4 is 23.4 Å². The number of nitrogens with one attached hydrogen (secondary N) is 1. The first-order chi connectivity index (χ1) is 14.2. The molecule has 2 aromatic carbocycles. The summed E-state index contributed by atoms with van der Waals surface area (Å²) in [5.74, 6) is -0.210. The molecule has 5 heteroatoms. The van der Waals surface area contributed by atoms with Crippen molar-refractivity contribution in [3.8, 4) is 0 Å². The van der Waals surface area contributed by atoms with Crippen LogP contribution in [0.1, 0.15) is 57.2 Å². The van der Waals surface area contributed by atoms with Gasteiger partial charge in [-0.1, -0.05) is 81.8 Å². The largest absolute Gasteiger partial charge is 0.357 e. The van der Waals surface area contributed by atoms with E-state index in [1.54, 1.807) is 18.0 Å². The number of amides is 2. The highest BCUT2D eigenvalue weighted by Gasteiger charge is 2.28. The number of carbonyl (C=O) groups excluding carboxylic acids is 2. The fourth-order valence-corrected chi connectivity index (χ4v) is 3.66. The zero-order valence-electron chi connectivity index (χ0n) is 18.7. The van der Waals surface area contributed by atoms with Crippen molar-refractivity contribution in [1.82, 2.24) is 10.2 Å². The highest BCUT2D eigenvalue weighted by atomic mass is 35.5. The lowest BCUT2D eigenvalue weighted by atomic mass is 9.86. The van der Waals surface area contributed by atoms with Crippen LogP contribution in [0, 0.1) is 0 Å². The van der Waals surface area contributed by atoms with Gasteiger partial charge in [-0.15, -0.1) is 0 Å². The Balaban J connectivity index is 2.17. The standard InChI is InChI=1S/C25H33ClN2O2/c1-6-22(24(30)27-5)28(17-19-9-7-8-10-21(19)26)23(29)16-13-18-11-14-20(15-12-18)25(2,3)4/h7-12,14-15,22H,6,13,16-17H2,1-5H3,(H,27,30). The summed E-state index contributed by atoms with van der Waals surface area (Å²) in [6.45, 7) is 8.77.